The van der Waals surface area contributed by atoms with Gasteiger partial charge in [-0.05, 0) is 12.8 Å². The molecule has 0 bridgehead atoms. The van der Waals surface area contributed by atoms with E-state index in [-0.39, 0.29) is 0 Å². The van der Waals surface area contributed by atoms with Crippen LogP contribution >= 0.6 is 0 Å². The van der Waals surface area contributed by atoms with Gasteiger partial charge in [0.05, 0.1) is 0 Å². The van der Waals surface area contributed by atoms with Crippen molar-refractivity contribution < 1.29 is 0 Å². The molecule has 0 heteroatoms. The minimum absolute atomic E-state index is 1.14. The Morgan fingerprint density at radius 3 is 0.404 bits per heavy atom. The Morgan fingerprint density at radius 1 is 0.154 bits per heavy atom. The molecular formula is C52H102. The maximum Gasteiger partial charge on any atom is 0.00886 e. The maximum absolute atomic E-state index is 3.46. The third-order valence-electron chi connectivity index (χ3n) is 11.9. The lowest BCUT2D eigenvalue weighted by Crippen LogP contribution is -1.84. The molecule has 0 saturated heterocycles. The third-order valence-corrected chi connectivity index (χ3v) is 11.9. The molecule has 52 heavy (non-hydrogen) atoms. The van der Waals surface area contributed by atoms with Crippen LogP contribution in [0.25, 0.3) is 0 Å². The molecule has 0 amide bonds. The highest BCUT2D eigenvalue weighted by molar-refractivity contribution is 4.98. The number of hydrogen-bond donors (Lipinski definition) is 0. The second kappa shape index (κ2) is 50.6. The standard InChI is InChI=1S/C52H102/c1-3-5-7-9-11-13-15-17-19-21-23-25-27-29-31-33-35-37-39-41-43-45-47-49-51-52-50-48-46-44-42-40-38-36-34-32-30-28-26-24-22-20-18-16-14-12-10-8-6-4-2/h3-50H2,1-2H3. The SMILES string of the molecule is CCCCCCCCCCCCCCCCCCCCCCCCCC#CCCCCCCCCCCCCCCCCCCCCCCCCC. The van der Waals surface area contributed by atoms with Crippen molar-refractivity contribution in [2.75, 3.05) is 0 Å². The predicted molar refractivity (Wildman–Crippen MR) is 241 cm³/mol. The zero-order valence-corrected chi connectivity index (χ0v) is 36.9. The third kappa shape index (κ3) is 49.6. The van der Waals surface area contributed by atoms with Crippen molar-refractivity contribution in [2.24, 2.45) is 0 Å². The smallest absolute Gasteiger partial charge is 0.00886 e. The Hall–Kier alpha value is -0.440. The molecule has 0 radical (unpaired) electrons. The highest BCUT2D eigenvalue weighted by atomic mass is 14.0. The zero-order chi connectivity index (χ0) is 37.4. The Labute approximate surface area is 332 Å². The normalized spacial score (nSPS) is 11.3. The Morgan fingerprint density at radius 2 is 0.269 bits per heavy atom. The van der Waals surface area contributed by atoms with E-state index in [4.69, 9.17) is 0 Å². The summed E-state index contributed by atoms with van der Waals surface area (Å²) in [5.41, 5.74) is 0. The van der Waals surface area contributed by atoms with E-state index in [0.717, 1.165) is 12.8 Å². The number of hydrogen-bond acceptors (Lipinski definition) is 0. The van der Waals surface area contributed by atoms with Crippen molar-refractivity contribution in [3.63, 3.8) is 0 Å². The average molecular weight is 727 g/mol. The summed E-state index contributed by atoms with van der Waals surface area (Å²) in [6.45, 7) is 4.62. The lowest BCUT2D eigenvalue weighted by atomic mass is 10.0. The molecule has 0 aliphatic heterocycles. The maximum atomic E-state index is 3.46. The Bertz CT molecular complexity index is 597. The van der Waals surface area contributed by atoms with Crippen molar-refractivity contribution in [3.05, 3.63) is 0 Å². The van der Waals surface area contributed by atoms with Gasteiger partial charge in [0.15, 0.2) is 0 Å². The van der Waals surface area contributed by atoms with Gasteiger partial charge >= 0.3 is 0 Å². The van der Waals surface area contributed by atoms with E-state index in [1.807, 2.05) is 0 Å². The minimum Gasteiger partial charge on any atom is -0.103 e. The fraction of sp³-hybridized carbons (Fsp3) is 0.962. The lowest BCUT2D eigenvalue weighted by Gasteiger charge is -2.04. The van der Waals surface area contributed by atoms with E-state index in [1.54, 1.807) is 0 Å². The largest absolute Gasteiger partial charge is 0.103 e. The van der Waals surface area contributed by atoms with Crippen molar-refractivity contribution >= 4 is 0 Å². The number of unbranched alkanes of at least 4 members (excludes halogenated alkanes) is 46. The second-order valence-electron chi connectivity index (χ2n) is 17.4. The number of rotatable bonds is 46. The van der Waals surface area contributed by atoms with Crippen molar-refractivity contribution in [1.29, 1.82) is 0 Å². The highest BCUT2D eigenvalue weighted by Gasteiger charge is 1.98. The van der Waals surface area contributed by atoms with Crippen LogP contribution in [-0.2, 0) is 0 Å². The van der Waals surface area contributed by atoms with Gasteiger partial charge in [0, 0.05) is 12.8 Å². The molecule has 0 unspecified atom stereocenters. The molecule has 0 saturated carbocycles. The summed E-state index contributed by atoms with van der Waals surface area (Å²) in [4.78, 5) is 0. The van der Waals surface area contributed by atoms with Crippen molar-refractivity contribution in [1.82, 2.24) is 0 Å². The van der Waals surface area contributed by atoms with Crippen molar-refractivity contribution in [3.8, 4) is 11.8 Å². The first-order valence-electron chi connectivity index (χ1n) is 25.4. The van der Waals surface area contributed by atoms with Gasteiger partial charge in [-0.15, -0.1) is 11.8 Å². The summed E-state index contributed by atoms with van der Waals surface area (Å²) in [7, 11) is 0. The van der Waals surface area contributed by atoms with Gasteiger partial charge in [-0.25, -0.2) is 0 Å². The molecule has 0 spiro atoms. The fourth-order valence-corrected chi connectivity index (χ4v) is 8.17. The fourth-order valence-electron chi connectivity index (χ4n) is 8.17. The second-order valence-corrected chi connectivity index (χ2v) is 17.4. The van der Waals surface area contributed by atoms with Gasteiger partial charge in [0.1, 0.15) is 0 Å². The van der Waals surface area contributed by atoms with Crippen LogP contribution in [0.15, 0.2) is 0 Å². The van der Waals surface area contributed by atoms with Gasteiger partial charge in [0.2, 0.25) is 0 Å². The quantitative estimate of drug-likeness (QED) is 0.0433. The van der Waals surface area contributed by atoms with Crippen LogP contribution < -0.4 is 0 Å². The molecule has 0 rings (SSSR count). The summed E-state index contributed by atoms with van der Waals surface area (Å²) >= 11 is 0. The molecule has 0 aromatic rings. The Kier molecular flexibility index (Phi) is 50.1. The first kappa shape index (κ1) is 51.6. The Balaban J connectivity index is 3.11. The summed E-state index contributed by atoms with van der Waals surface area (Å²) < 4.78 is 0. The summed E-state index contributed by atoms with van der Waals surface area (Å²) in [6, 6.07) is 0. The van der Waals surface area contributed by atoms with Gasteiger partial charge in [0.25, 0.3) is 0 Å². The molecule has 0 aliphatic rings. The highest BCUT2D eigenvalue weighted by Crippen LogP contribution is 2.17. The molecule has 0 fully saturated rings. The van der Waals surface area contributed by atoms with E-state index in [9.17, 15) is 0 Å². The van der Waals surface area contributed by atoms with Gasteiger partial charge in [-0.2, -0.15) is 0 Å². The van der Waals surface area contributed by atoms with E-state index >= 15 is 0 Å². The molecular weight excluding hydrogens is 625 g/mol. The van der Waals surface area contributed by atoms with Crippen LogP contribution in [0, 0.1) is 11.8 Å². The van der Waals surface area contributed by atoms with Crippen LogP contribution in [0.4, 0.5) is 0 Å². The summed E-state index contributed by atoms with van der Waals surface area (Å²) in [6.07, 6.45) is 69.5. The molecule has 0 aliphatic carbocycles. The van der Waals surface area contributed by atoms with Crippen LogP contribution in [-0.4, -0.2) is 0 Å². The van der Waals surface area contributed by atoms with E-state index in [2.05, 4.69) is 25.7 Å². The first-order chi connectivity index (χ1) is 25.9. The molecule has 0 N–H and O–H groups in total. The van der Waals surface area contributed by atoms with Crippen LogP contribution in [0.3, 0.4) is 0 Å². The molecule has 0 heterocycles. The van der Waals surface area contributed by atoms with E-state index in [1.165, 1.54) is 295 Å². The lowest BCUT2D eigenvalue weighted by molar-refractivity contribution is 0.518. The molecule has 0 nitrogen and oxygen atoms in total. The molecule has 310 valence electrons. The minimum atomic E-state index is 1.14. The van der Waals surface area contributed by atoms with Crippen LogP contribution in [0.5, 0.6) is 0 Å². The molecule has 0 aromatic heterocycles. The monoisotopic (exact) mass is 727 g/mol. The van der Waals surface area contributed by atoms with Crippen LogP contribution in [0.2, 0.25) is 0 Å². The first-order valence-corrected chi connectivity index (χ1v) is 25.4. The average Bonchev–Trinajstić information content (AvgIpc) is 3.16. The summed E-state index contributed by atoms with van der Waals surface area (Å²) in [5.74, 6) is 6.93. The van der Waals surface area contributed by atoms with Gasteiger partial charge in [-0.1, -0.05) is 296 Å². The topological polar surface area (TPSA) is 0 Å². The molecule has 0 atom stereocenters. The van der Waals surface area contributed by atoms with E-state index < -0.39 is 0 Å². The summed E-state index contributed by atoms with van der Waals surface area (Å²) in [5, 5.41) is 0. The van der Waals surface area contributed by atoms with Crippen molar-refractivity contribution in [2.45, 2.75) is 322 Å². The van der Waals surface area contributed by atoms with E-state index in [0.29, 0.717) is 0 Å². The van der Waals surface area contributed by atoms with Crippen LogP contribution in [0.1, 0.15) is 322 Å². The predicted octanol–water partition coefficient (Wildman–Crippen LogP) is 19.8. The van der Waals surface area contributed by atoms with Gasteiger partial charge in [-0.3, -0.25) is 0 Å². The molecule has 0 aromatic carbocycles. The van der Waals surface area contributed by atoms with Gasteiger partial charge < -0.3 is 0 Å². The zero-order valence-electron chi connectivity index (χ0n) is 36.9.